The maximum atomic E-state index is 13.2. The molecule has 2 heterocycles. The standard InChI is InChI=1S/C18H18ClFN6/c1-10(13-5-4-12(20)6-14(13)19)23-16-8-17(22-9-21-16)24-18-7-15(25-26-18)11-2-3-11/h4-11H,2-3H2,1H3,(H3,21,22,23,24,25,26). The zero-order valence-corrected chi connectivity index (χ0v) is 14.9. The summed E-state index contributed by atoms with van der Waals surface area (Å²) in [6.07, 6.45) is 3.90. The highest BCUT2D eigenvalue weighted by Crippen LogP contribution is 2.39. The fourth-order valence-electron chi connectivity index (χ4n) is 2.79. The predicted molar refractivity (Wildman–Crippen MR) is 99.3 cm³/mol. The second kappa shape index (κ2) is 6.92. The maximum Gasteiger partial charge on any atom is 0.153 e. The van der Waals surface area contributed by atoms with E-state index < -0.39 is 0 Å². The second-order valence-corrected chi connectivity index (χ2v) is 6.84. The average Bonchev–Trinajstić information content (AvgIpc) is 3.35. The van der Waals surface area contributed by atoms with Gasteiger partial charge in [0.15, 0.2) is 5.82 Å². The molecule has 1 aliphatic rings. The van der Waals surface area contributed by atoms with Gasteiger partial charge in [-0.15, -0.1) is 0 Å². The number of halogens is 2. The first-order valence-corrected chi connectivity index (χ1v) is 8.82. The number of aromatic nitrogens is 4. The summed E-state index contributed by atoms with van der Waals surface area (Å²) in [6.45, 7) is 1.93. The monoisotopic (exact) mass is 372 g/mol. The van der Waals surface area contributed by atoms with E-state index >= 15 is 0 Å². The summed E-state index contributed by atoms with van der Waals surface area (Å²) in [6, 6.07) is 8.02. The smallest absolute Gasteiger partial charge is 0.153 e. The lowest BCUT2D eigenvalue weighted by Gasteiger charge is -2.16. The summed E-state index contributed by atoms with van der Waals surface area (Å²) < 4.78 is 13.2. The van der Waals surface area contributed by atoms with Crippen molar-refractivity contribution >= 4 is 29.1 Å². The number of nitrogens with zero attached hydrogens (tertiary/aromatic N) is 3. The third kappa shape index (κ3) is 3.77. The topological polar surface area (TPSA) is 78.5 Å². The second-order valence-electron chi connectivity index (χ2n) is 6.43. The highest BCUT2D eigenvalue weighted by atomic mass is 35.5. The number of hydrogen-bond acceptors (Lipinski definition) is 5. The molecule has 4 rings (SSSR count). The number of benzene rings is 1. The van der Waals surface area contributed by atoms with Gasteiger partial charge in [0.05, 0.1) is 6.04 Å². The third-order valence-corrected chi connectivity index (χ3v) is 4.66. The normalized spacial score (nSPS) is 14.9. The lowest BCUT2D eigenvalue weighted by atomic mass is 10.1. The summed E-state index contributed by atoms with van der Waals surface area (Å²) in [7, 11) is 0. The molecule has 26 heavy (non-hydrogen) atoms. The van der Waals surface area contributed by atoms with Gasteiger partial charge in [-0.25, -0.2) is 14.4 Å². The molecule has 0 aliphatic heterocycles. The summed E-state index contributed by atoms with van der Waals surface area (Å²) in [5.74, 6) is 2.25. The van der Waals surface area contributed by atoms with E-state index in [0.717, 1.165) is 17.1 Å². The van der Waals surface area contributed by atoms with Gasteiger partial charge in [-0.3, -0.25) is 5.10 Å². The third-order valence-electron chi connectivity index (χ3n) is 4.33. The molecule has 0 spiro atoms. The van der Waals surface area contributed by atoms with Crippen molar-refractivity contribution in [1.29, 1.82) is 0 Å². The Labute approximate surface area is 155 Å². The van der Waals surface area contributed by atoms with Gasteiger partial charge in [-0.1, -0.05) is 17.7 Å². The van der Waals surface area contributed by atoms with Gasteiger partial charge < -0.3 is 10.6 Å². The molecule has 3 N–H and O–H groups in total. The Morgan fingerprint density at radius 2 is 1.96 bits per heavy atom. The first-order valence-electron chi connectivity index (χ1n) is 8.44. The maximum absolute atomic E-state index is 13.2. The van der Waals surface area contributed by atoms with Crippen molar-refractivity contribution in [2.45, 2.75) is 31.7 Å². The van der Waals surface area contributed by atoms with Crippen LogP contribution in [0.25, 0.3) is 0 Å². The van der Waals surface area contributed by atoms with Crippen LogP contribution in [0.15, 0.2) is 36.7 Å². The molecule has 134 valence electrons. The molecule has 6 nitrogen and oxygen atoms in total. The van der Waals surface area contributed by atoms with Crippen LogP contribution < -0.4 is 10.6 Å². The Balaban J connectivity index is 1.46. The van der Waals surface area contributed by atoms with E-state index in [1.807, 2.05) is 13.0 Å². The van der Waals surface area contributed by atoms with Gasteiger partial charge in [-0.2, -0.15) is 5.10 Å². The molecular weight excluding hydrogens is 355 g/mol. The number of anilines is 3. The molecule has 1 aromatic carbocycles. The van der Waals surface area contributed by atoms with E-state index in [1.165, 1.54) is 31.3 Å². The van der Waals surface area contributed by atoms with Crippen molar-refractivity contribution in [2.75, 3.05) is 10.6 Å². The summed E-state index contributed by atoms with van der Waals surface area (Å²) in [4.78, 5) is 8.45. The SMILES string of the molecule is CC(Nc1cc(Nc2cc(C3CC3)[nH]n2)ncn1)c1ccc(F)cc1Cl. The van der Waals surface area contributed by atoms with Crippen LogP contribution in [0.2, 0.25) is 5.02 Å². The quantitative estimate of drug-likeness (QED) is 0.580. The number of rotatable bonds is 6. The minimum absolute atomic E-state index is 0.141. The molecule has 1 saturated carbocycles. The Bertz CT molecular complexity index is 924. The molecule has 3 aromatic rings. The zero-order chi connectivity index (χ0) is 18.1. The predicted octanol–water partition coefficient (Wildman–Crippen LogP) is 4.79. The minimum Gasteiger partial charge on any atom is -0.363 e. The van der Waals surface area contributed by atoms with Crippen LogP contribution in [0.1, 0.15) is 43.0 Å². The number of H-pyrrole nitrogens is 1. The van der Waals surface area contributed by atoms with Crippen molar-refractivity contribution < 1.29 is 4.39 Å². The Morgan fingerprint density at radius 3 is 2.73 bits per heavy atom. The minimum atomic E-state index is -0.357. The van der Waals surface area contributed by atoms with Crippen molar-refractivity contribution in [3.8, 4) is 0 Å². The molecule has 1 fully saturated rings. The van der Waals surface area contributed by atoms with Gasteiger partial charge in [0.25, 0.3) is 0 Å². The van der Waals surface area contributed by atoms with Gasteiger partial charge in [0, 0.05) is 28.8 Å². The van der Waals surface area contributed by atoms with E-state index in [9.17, 15) is 4.39 Å². The first kappa shape index (κ1) is 16.8. The Hall–Kier alpha value is -2.67. The molecule has 1 atom stereocenters. The summed E-state index contributed by atoms with van der Waals surface area (Å²) in [5, 5.41) is 14.1. The molecule has 0 bridgehead atoms. The molecular formula is C18H18ClFN6. The van der Waals surface area contributed by atoms with Crippen LogP contribution in [0.4, 0.5) is 21.8 Å². The van der Waals surface area contributed by atoms with E-state index in [-0.39, 0.29) is 11.9 Å². The number of hydrogen-bond donors (Lipinski definition) is 3. The molecule has 2 aromatic heterocycles. The van der Waals surface area contributed by atoms with E-state index in [4.69, 9.17) is 11.6 Å². The molecule has 1 unspecified atom stereocenters. The van der Waals surface area contributed by atoms with Crippen LogP contribution in [0.5, 0.6) is 0 Å². The van der Waals surface area contributed by atoms with Crippen molar-refractivity contribution in [1.82, 2.24) is 20.2 Å². The van der Waals surface area contributed by atoms with Gasteiger partial charge in [0.1, 0.15) is 23.8 Å². The summed E-state index contributed by atoms with van der Waals surface area (Å²) in [5.41, 5.74) is 1.95. The van der Waals surface area contributed by atoms with Crippen molar-refractivity contribution in [3.63, 3.8) is 0 Å². The molecule has 0 saturated heterocycles. The zero-order valence-electron chi connectivity index (χ0n) is 14.1. The van der Waals surface area contributed by atoms with E-state index in [0.29, 0.717) is 22.6 Å². The molecule has 8 heteroatoms. The van der Waals surface area contributed by atoms with E-state index in [2.05, 4.69) is 30.8 Å². The van der Waals surface area contributed by atoms with Crippen LogP contribution >= 0.6 is 11.6 Å². The lowest BCUT2D eigenvalue weighted by Crippen LogP contribution is -2.09. The van der Waals surface area contributed by atoms with Crippen LogP contribution in [-0.4, -0.2) is 20.2 Å². The fraction of sp³-hybridized carbons (Fsp3) is 0.278. The van der Waals surface area contributed by atoms with Crippen LogP contribution in [0.3, 0.4) is 0 Å². The first-order chi connectivity index (χ1) is 12.6. The molecule has 1 aliphatic carbocycles. The number of aromatic amines is 1. The highest BCUT2D eigenvalue weighted by molar-refractivity contribution is 6.31. The largest absolute Gasteiger partial charge is 0.363 e. The Kier molecular flexibility index (Phi) is 4.46. The fourth-order valence-corrected chi connectivity index (χ4v) is 3.12. The summed E-state index contributed by atoms with van der Waals surface area (Å²) >= 11 is 6.13. The number of nitrogens with one attached hydrogen (secondary N) is 3. The van der Waals surface area contributed by atoms with Crippen LogP contribution in [0, 0.1) is 5.82 Å². The average molecular weight is 373 g/mol. The lowest BCUT2D eigenvalue weighted by molar-refractivity contribution is 0.626. The van der Waals surface area contributed by atoms with Gasteiger partial charge >= 0.3 is 0 Å². The molecule has 0 radical (unpaired) electrons. The Morgan fingerprint density at radius 1 is 1.15 bits per heavy atom. The van der Waals surface area contributed by atoms with Crippen molar-refractivity contribution in [3.05, 3.63) is 58.8 Å². The van der Waals surface area contributed by atoms with Crippen LogP contribution in [-0.2, 0) is 0 Å². The van der Waals surface area contributed by atoms with E-state index in [1.54, 1.807) is 12.1 Å². The molecule has 0 amide bonds. The van der Waals surface area contributed by atoms with Gasteiger partial charge in [0.2, 0.25) is 0 Å². The van der Waals surface area contributed by atoms with Gasteiger partial charge in [-0.05, 0) is 37.5 Å². The highest BCUT2D eigenvalue weighted by Gasteiger charge is 2.25. The van der Waals surface area contributed by atoms with Crippen molar-refractivity contribution in [2.24, 2.45) is 0 Å².